The molecule has 0 saturated carbocycles. The predicted molar refractivity (Wildman–Crippen MR) is 92.9 cm³/mol. The smallest absolute Gasteiger partial charge is 0.363 e. The lowest BCUT2D eigenvalue weighted by Gasteiger charge is -2.14. The Morgan fingerprint density at radius 3 is 2.48 bits per heavy atom. The molecule has 25 heavy (non-hydrogen) atoms. The Bertz CT molecular complexity index is 708. The van der Waals surface area contributed by atoms with E-state index < -0.39 is 5.97 Å². The molecule has 0 aliphatic heterocycles. The first-order valence-electron chi connectivity index (χ1n) is 8.24. The van der Waals surface area contributed by atoms with E-state index in [2.05, 4.69) is 10.4 Å². The zero-order valence-electron chi connectivity index (χ0n) is 14.7. The number of hydrogen-bond acceptors (Lipinski definition) is 5. The summed E-state index contributed by atoms with van der Waals surface area (Å²) < 4.78 is 11.8. The van der Waals surface area contributed by atoms with E-state index in [1.165, 1.54) is 11.8 Å². The number of esters is 1. The van der Waals surface area contributed by atoms with Gasteiger partial charge in [0.25, 0.3) is 5.91 Å². The molecule has 1 aromatic carbocycles. The maximum absolute atomic E-state index is 12.2. The molecule has 0 unspecified atom stereocenters. The lowest BCUT2D eigenvalue weighted by molar-refractivity contribution is -0.125. The predicted octanol–water partition coefficient (Wildman–Crippen LogP) is 2.34. The van der Waals surface area contributed by atoms with Crippen molar-refractivity contribution in [3.8, 4) is 11.4 Å². The van der Waals surface area contributed by atoms with Crippen molar-refractivity contribution < 1.29 is 19.1 Å². The summed E-state index contributed by atoms with van der Waals surface area (Å²) >= 11 is 0. The Morgan fingerprint density at radius 2 is 1.88 bits per heavy atom. The van der Waals surface area contributed by atoms with Gasteiger partial charge in [0.05, 0.1) is 19.0 Å². The number of hydrogen-bond donors (Lipinski definition) is 1. The number of para-hydroxylation sites is 1. The standard InChI is InChI=1S/C18H23N3O4/c1-4-13(5-2)19-16(22)12-25-18(23)17-15(24-3)11-21(20-17)14-9-7-6-8-10-14/h6-11,13H,4-5,12H2,1-3H3,(H,19,22). The van der Waals surface area contributed by atoms with Crippen LogP contribution in [0.2, 0.25) is 0 Å². The molecule has 0 fully saturated rings. The van der Waals surface area contributed by atoms with Crippen molar-refractivity contribution >= 4 is 11.9 Å². The van der Waals surface area contributed by atoms with E-state index in [0.29, 0.717) is 0 Å². The van der Waals surface area contributed by atoms with Gasteiger partial charge in [-0.2, -0.15) is 5.10 Å². The molecule has 2 aromatic rings. The fourth-order valence-electron chi connectivity index (χ4n) is 2.32. The van der Waals surface area contributed by atoms with Crippen molar-refractivity contribution in [2.24, 2.45) is 0 Å². The summed E-state index contributed by atoms with van der Waals surface area (Å²) in [5, 5.41) is 7.02. The zero-order valence-corrected chi connectivity index (χ0v) is 14.7. The fraction of sp³-hybridized carbons (Fsp3) is 0.389. The first-order chi connectivity index (χ1) is 12.1. The van der Waals surface area contributed by atoms with Gasteiger partial charge in [-0.1, -0.05) is 32.0 Å². The SMILES string of the molecule is CCC(CC)NC(=O)COC(=O)c1nn(-c2ccccc2)cc1OC. The molecule has 0 aliphatic rings. The summed E-state index contributed by atoms with van der Waals surface area (Å²) in [6.07, 6.45) is 3.24. The Hall–Kier alpha value is -2.83. The van der Waals surface area contributed by atoms with Crippen LogP contribution in [0, 0.1) is 0 Å². The maximum Gasteiger partial charge on any atom is 0.363 e. The van der Waals surface area contributed by atoms with E-state index in [4.69, 9.17) is 9.47 Å². The molecule has 134 valence electrons. The molecule has 1 N–H and O–H groups in total. The number of aromatic nitrogens is 2. The lowest BCUT2D eigenvalue weighted by Crippen LogP contribution is -2.36. The maximum atomic E-state index is 12.2. The molecule has 2 rings (SSSR count). The lowest BCUT2D eigenvalue weighted by atomic mass is 10.2. The summed E-state index contributed by atoms with van der Waals surface area (Å²) in [4.78, 5) is 24.1. The van der Waals surface area contributed by atoms with Gasteiger partial charge in [-0.25, -0.2) is 9.48 Å². The summed E-state index contributed by atoms with van der Waals surface area (Å²) in [6.45, 7) is 3.62. The van der Waals surface area contributed by atoms with Crippen molar-refractivity contribution in [2.45, 2.75) is 32.7 Å². The van der Waals surface area contributed by atoms with E-state index in [9.17, 15) is 9.59 Å². The first-order valence-corrected chi connectivity index (χ1v) is 8.24. The highest BCUT2D eigenvalue weighted by Crippen LogP contribution is 2.20. The minimum atomic E-state index is -0.703. The molecule has 7 nitrogen and oxygen atoms in total. The normalized spacial score (nSPS) is 10.6. The van der Waals surface area contributed by atoms with Gasteiger partial charge in [0.1, 0.15) is 0 Å². The van der Waals surface area contributed by atoms with E-state index in [-0.39, 0.29) is 30.0 Å². The number of rotatable bonds is 8. The highest BCUT2D eigenvalue weighted by molar-refractivity contribution is 5.92. The third-order valence-corrected chi connectivity index (χ3v) is 3.80. The van der Waals surface area contributed by atoms with Gasteiger partial charge < -0.3 is 14.8 Å². The fourth-order valence-corrected chi connectivity index (χ4v) is 2.32. The van der Waals surface area contributed by atoms with Gasteiger partial charge in [-0.05, 0) is 25.0 Å². The van der Waals surface area contributed by atoms with Crippen LogP contribution in [0.4, 0.5) is 0 Å². The summed E-state index contributed by atoms with van der Waals surface area (Å²) in [5.41, 5.74) is 0.813. The summed E-state index contributed by atoms with van der Waals surface area (Å²) in [5.74, 6) is -0.746. The molecule has 1 amide bonds. The van der Waals surface area contributed by atoms with Gasteiger partial charge in [0.15, 0.2) is 12.4 Å². The Kier molecular flexibility index (Phi) is 6.56. The second-order valence-corrected chi connectivity index (χ2v) is 5.48. The third-order valence-electron chi connectivity index (χ3n) is 3.80. The molecule has 0 atom stereocenters. The Morgan fingerprint density at radius 1 is 1.20 bits per heavy atom. The van der Waals surface area contributed by atoms with Crippen LogP contribution in [0.1, 0.15) is 37.2 Å². The average Bonchev–Trinajstić information content (AvgIpc) is 3.09. The summed E-state index contributed by atoms with van der Waals surface area (Å²) in [7, 11) is 1.45. The van der Waals surface area contributed by atoms with Gasteiger partial charge >= 0.3 is 5.97 Å². The molecule has 0 radical (unpaired) electrons. The quantitative estimate of drug-likeness (QED) is 0.743. The van der Waals surface area contributed by atoms with Crippen LogP contribution in [0.3, 0.4) is 0 Å². The van der Waals surface area contributed by atoms with Gasteiger partial charge in [0, 0.05) is 6.04 Å². The van der Waals surface area contributed by atoms with Crippen molar-refractivity contribution in [2.75, 3.05) is 13.7 Å². The second kappa shape index (κ2) is 8.86. The Balaban J connectivity index is 2.04. The minimum Gasteiger partial charge on any atom is -0.493 e. The zero-order chi connectivity index (χ0) is 18.2. The Labute approximate surface area is 146 Å². The first kappa shape index (κ1) is 18.5. The van der Waals surface area contributed by atoms with Gasteiger partial charge in [0.2, 0.25) is 5.69 Å². The van der Waals surface area contributed by atoms with E-state index in [1.807, 2.05) is 44.2 Å². The molecule has 0 saturated heterocycles. The number of carbonyl (C=O) groups is 2. The number of ether oxygens (including phenoxy) is 2. The number of nitrogens with zero attached hydrogens (tertiary/aromatic N) is 2. The number of methoxy groups -OCH3 is 1. The van der Waals surface area contributed by atoms with Crippen LogP contribution in [-0.2, 0) is 9.53 Å². The van der Waals surface area contributed by atoms with Crippen LogP contribution >= 0.6 is 0 Å². The van der Waals surface area contributed by atoms with E-state index in [1.54, 1.807) is 6.20 Å². The molecular weight excluding hydrogens is 322 g/mol. The average molecular weight is 345 g/mol. The monoisotopic (exact) mass is 345 g/mol. The van der Waals surface area contributed by atoms with Crippen LogP contribution in [-0.4, -0.2) is 41.4 Å². The van der Waals surface area contributed by atoms with E-state index in [0.717, 1.165) is 18.5 Å². The van der Waals surface area contributed by atoms with Crippen LogP contribution in [0.5, 0.6) is 5.75 Å². The largest absolute Gasteiger partial charge is 0.493 e. The van der Waals surface area contributed by atoms with Crippen LogP contribution in [0.25, 0.3) is 5.69 Å². The molecule has 0 spiro atoms. The van der Waals surface area contributed by atoms with Gasteiger partial charge in [-0.15, -0.1) is 0 Å². The summed E-state index contributed by atoms with van der Waals surface area (Å²) in [6, 6.07) is 9.40. The number of nitrogens with one attached hydrogen (secondary N) is 1. The highest BCUT2D eigenvalue weighted by atomic mass is 16.5. The molecular formula is C18H23N3O4. The molecule has 0 bridgehead atoms. The van der Waals surface area contributed by atoms with Crippen molar-refractivity contribution in [3.63, 3.8) is 0 Å². The molecule has 7 heteroatoms. The van der Waals surface area contributed by atoms with Gasteiger partial charge in [-0.3, -0.25) is 4.79 Å². The topological polar surface area (TPSA) is 82.5 Å². The minimum absolute atomic E-state index is 0.0293. The molecule has 1 aromatic heterocycles. The third kappa shape index (κ3) is 4.82. The molecule has 0 aliphatic carbocycles. The highest BCUT2D eigenvalue weighted by Gasteiger charge is 2.21. The van der Waals surface area contributed by atoms with Crippen LogP contribution in [0.15, 0.2) is 36.5 Å². The number of benzene rings is 1. The van der Waals surface area contributed by atoms with Crippen LogP contribution < -0.4 is 10.1 Å². The second-order valence-electron chi connectivity index (χ2n) is 5.48. The van der Waals surface area contributed by atoms with Crippen molar-refractivity contribution in [1.82, 2.24) is 15.1 Å². The van der Waals surface area contributed by atoms with E-state index >= 15 is 0 Å². The van der Waals surface area contributed by atoms with Crippen molar-refractivity contribution in [1.29, 1.82) is 0 Å². The number of carbonyl (C=O) groups excluding carboxylic acids is 2. The number of amides is 1. The van der Waals surface area contributed by atoms with Crippen molar-refractivity contribution in [3.05, 3.63) is 42.2 Å². The molecule has 1 heterocycles.